The first-order valence-corrected chi connectivity index (χ1v) is 27.1. The van der Waals surface area contributed by atoms with Crippen molar-refractivity contribution in [3.05, 3.63) is 223 Å². The van der Waals surface area contributed by atoms with E-state index in [0.717, 1.165) is 35.2 Å². The van der Waals surface area contributed by atoms with E-state index in [4.69, 9.17) is 8.83 Å². The molecule has 0 amide bonds. The number of hydrogen-bond acceptors (Lipinski definition) is 2. The van der Waals surface area contributed by atoms with E-state index in [1.165, 1.54) is 144 Å². The van der Waals surface area contributed by atoms with Gasteiger partial charge < -0.3 is 8.83 Å². The Morgan fingerprint density at radius 3 is 1.62 bits per heavy atom. The SMILES string of the molecule is Cc1cc(C)c(C(Cc2ccc3c(c2)C(C)(C)c2cc4c(cc2-3)C(C)(C)c2ccc3oc5ccccc5c3c2-4)Cc2ccc3c(c2)C(C)(C)c2c4c(c5oc6ccccc6c5c2-3)-c2ccccc2C4(C)C)c(C)c1. The standard InChI is InChI=1S/C72H62O2/c1-38-30-39(2)60(40(3)31-38)43(32-41-24-26-44-49-36-56-50(37-55(49)70(6,7)53(44)34-41)61-52(69(56,4)5)28-29-59-62(61)47-19-13-16-22-57(47)73-59)33-42-25-27-46-54(35-42)72(10,11)66-63(46)64-48-20-14-17-23-58(48)74-68(64)65-45-18-12-15-21-51(45)71(8,9)67(65)66/h12-31,34-37,43H,32-33H2,1-11H3. The van der Waals surface area contributed by atoms with Crippen LogP contribution in [-0.2, 0) is 34.5 Å². The fourth-order valence-electron chi connectivity index (χ4n) is 15.8. The van der Waals surface area contributed by atoms with Gasteiger partial charge in [-0.1, -0.05) is 176 Å². The molecule has 4 aliphatic rings. The van der Waals surface area contributed by atoms with Crippen LogP contribution >= 0.6 is 0 Å². The van der Waals surface area contributed by atoms with Gasteiger partial charge in [-0.2, -0.15) is 0 Å². The Balaban J connectivity index is 0.840. The van der Waals surface area contributed by atoms with Gasteiger partial charge in [-0.05, 0) is 181 Å². The van der Waals surface area contributed by atoms with Gasteiger partial charge in [-0.25, -0.2) is 0 Å². The highest BCUT2D eigenvalue weighted by Gasteiger charge is 2.49. The van der Waals surface area contributed by atoms with E-state index < -0.39 is 0 Å². The van der Waals surface area contributed by atoms with Crippen molar-refractivity contribution in [3.63, 3.8) is 0 Å². The fraction of sp³-hybridized carbons (Fsp3) is 0.250. The Bertz CT molecular complexity index is 4320. The molecule has 4 aliphatic carbocycles. The molecule has 0 radical (unpaired) electrons. The van der Waals surface area contributed by atoms with Gasteiger partial charge in [0.05, 0.1) is 0 Å². The molecule has 2 aromatic heterocycles. The predicted molar refractivity (Wildman–Crippen MR) is 308 cm³/mol. The van der Waals surface area contributed by atoms with Crippen molar-refractivity contribution in [1.82, 2.24) is 0 Å². The van der Waals surface area contributed by atoms with Crippen LogP contribution in [-0.4, -0.2) is 0 Å². The normalized spacial score (nSPS) is 16.8. The highest BCUT2D eigenvalue weighted by Crippen LogP contribution is 2.64. The molecule has 0 fully saturated rings. The lowest BCUT2D eigenvalue weighted by atomic mass is 9.72. The molecule has 2 heterocycles. The summed E-state index contributed by atoms with van der Waals surface area (Å²) < 4.78 is 13.5. The molecular weight excluding hydrogens is 897 g/mol. The zero-order valence-electron chi connectivity index (χ0n) is 44.7. The van der Waals surface area contributed by atoms with Crippen molar-refractivity contribution in [1.29, 1.82) is 0 Å². The summed E-state index contributed by atoms with van der Waals surface area (Å²) in [5, 5.41) is 4.90. The lowest BCUT2D eigenvalue weighted by Gasteiger charge is -2.31. The summed E-state index contributed by atoms with van der Waals surface area (Å²) in [7, 11) is 0. The van der Waals surface area contributed by atoms with Gasteiger partial charge in [-0.15, -0.1) is 0 Å². The monoisotopic (exact) mass is 958 g/mol. The molecule has 0 saturated heterocycles. The maximum Gasteiger partial charge on any atom is 0.144 e. The maximum absolute atomic E-state index is 6.99. The van der Waals surface area contributed by atoms with Crippen molar-refractivity contribution in [2.45, 2.75) is 117 Å². The molecule has 74 heavy (non-hydrogen) atoms. The fourth-order valence-corrected chi connectivity index (χ4v) is 15.8. The highest BCUT2D eigenvalue weighted by molar-refractivity contribution is 6.21. The van der Waals surface area contributed by atoms with Crippen LogP contribution in [0.1, 0.15) is 139 Å². The highest BCUT2D eigenvalue weighted by atomic mass is 16.3. The molecule has 2 nitrogen and oxygen atoms in total. The quantitative estimate of drug-likeness (QED) is 0.172. The van der Waals surface area contributed by atoms with Crippen molar-refractivity contribution >= 4 is 43.9 Å². The number of rotatable bonds is 5. The average molecular weight is 959 g/mol. The minimum atomic E-state index is -0.238. The predicted octanol–water partition coefficient (Wildman–Crippen LogP) is 19.2. The summed E-state index contributed by atoms with van der Waals surface area (Å²) in [6.45, 7) is 26.5. The van der Waals surface area contributed by atoms with Crippen LogP contribution in [0.25, 0.3) is 88.4 Å². The molecule has 1 atom stereocenters. The van der Waals surface area contributed by atoms with Gasteiger partial charge >= 0.3 is 0 Å². The number of furan rings is 2. The van der Waals surface area contributed by atoms with E-state index in [2.05, 4.69) is 222 Å². The topological polar surface area (TPSA) is 26.3 Å². The second-order valence-corrected chi connectivity index (χ2v) is 24.9. The van der Waals surface area contributed by atoms with Gasteiger partial charge in [0.2, 0.25) is 0 Å². The van der Waals surface area contributed by atoms with Crippen LogP contribution < -0.4 is 0 Å². The molecule has 9 aromatic carbocycles. The average Bonchev–Trinajstić information content (AvgIpc) is 4.24. The number of benzene rings is 9. The zero-order chi connectivity index (χ0) is 50.7. The number of fused-ring (bicyclic) bond motifs is 22. The molecule has 0 bridgehead atoms. The Kier molecular flexibility index (Phi) is 8.61. The Morgan fingerprint density at radius 1 is 0.378 bits per heavy atom. The summed E-state index contributed by atoms with van der Waals surface area (Å²) in [5.74, 6) is 0.279. The number of hydrogen-bond donors (Lipinski definition) is 0. The van der Waals surface area contributed by atoms with Crippen molar-refractivity contribution in [3.8, 4) is 44.5 Å². The van der Waals surface area contributed by atoms with Crippen LogP contribution in [0.5, 0.6) is 0 Å². The molecule has 0 N–H and O–H groups in total. The van der Waals surface area contributed by atoms with E-state index in [-0.39, 0.29) is 27.6 Å². The van der Waals surface area contributed by atoms with E-state index >= 15 is 0 Å². The van der Waals surface area contributed by atoms with Crippen LogP contribution in [0.15, 0.2) is 154 Å². The molecule has 15 rings (SSSR count). The van der Waals surface area contributed by atoms with Crippen molar-refractivity contribution < 1.29 is 8.83 Å². The third-order valence-corrected chi connectivity index (χ3v) is 19.1. The smallest absolute Gasteiger partial charge is 0.144 e. The summed E-state index contributed by atoms with van der Waals surface area (Å²) >= 11 is 0. The van der Waals surface area contributed by atoms with E-state index in [1.807, 2.05) is 0 Å². The van der Waals surface area contributed by atoms with E-state index in [0.29, 0.717) is 0 Å². The lowest BCUT2D eigenvalue weighted by Crippen LogP contribution is -2.24. The lowest BCUT2D eigenvalue weighted by molar-refractivity contribution is 0.598. The Morgan fingerprint density at radius 2 is 0.905 bits per heavy atom. The molecule has 1 unspecified atom stereocenters. The second kappa shape index (κ2) is 14.4. The molecule has 11 aromatic rings. The molecule has 0 spiro atoms. The Labute approximate surface area is 435 Å². The third-order valence-electron chi connectivity index (χ3n) is 19.1. The van der Waals surface area contributed by atoms with Gasteiger partial charge in [0.25, 0.3) is 0 Å². The van der Waals surface area contributed by atoms with Crippen LogP contribution in [0.3, 0.4) is 0 Å². The summed E-state index contributed by atoms with van der Waals surface area (Å²) in [5.41, 5.74) is 33.6. The van der Waals surface area contributed by atoms with E-state index in [9.17, 15) is 0 Å². The van der Waals surface area contributed by atoms with Crippen molar-refractivity contribution in [2.75, 3.05) is 0 Å². The molecule has 2 heteroatoms. The third kappa shape index (κ3) is 5.57. The molecular formula is C72H62O2. The second-order valence-electron chi connectivity index (χ2n) is 24.9. The first kappa shape index (κ1) is 44.1. The molecule has 0 aliphatic heterocycles. The molecule has 0 saturated carbocycles. The van der Waals surface area contributed by atoms with Crippen LogP contribution in [0, 0.1) is 20.8 Å². The minimum Gasteiger partial charge on any atom is -0.456 e. The van der Waals surface area contributed by atoms with Gasteiger partial charge in [-0.3, -0.25) is 0 Å². The summed E-state index contributed by atoms with van der Waals surface area (Å²) in [4.78, 5) is 0. The van der Waals surface area contributed by atoms with Crippen molar-refractivity contribution in [2.24, 2.45) is 0 Å². The number of aryl methyl sites for hydroxylation is 3. The van der Waals surface area contributed by atoms with Gasteiger partial charge in [0, 0.05) is 48.8 Å². The minimum absolute atomic E-state index is 0.145. The zero-order valence-corrected chi connectivity index (χ0v) is 44.7. The largest absolute Gasteiger partial charge is 0.456 e. The van der Waals surface area contributed by atoms with Gasteiger partial charge in [0.15, 0.2) is 0 Å². The van der Waals surface area contributed by atoms with Crippen LogP contribution in [0.2, 0.25) is 0 Å². The number of para-hydroxylation sites is 2. The molecule has 362 valence electrons. The first-order valence-electron chi connectivity index (χ1n) is 27.1. The summed E-state index contributed by atoms with van der Waals surface area (Å²) in [6.07, 6.45) is 1.90. The first-order chi connectivity index (χ1) is 35.4. The Hall–Kier alpha value is -7.42. The maximum atomic E-state index is 6.99. The van der Waals surface area contributed by atoms with Gasteiger partial charge in [0.1, 0.15) is 22.3 Å². The van der Waals surface area contributed by atoms with Crippen LogP contribution in [0.4, 0.5) is 0 Å². The summed E-state index contributed by atoms with van der Waals surface area (Å²) in [6, 6.07) is 55.7. The van der Waals surface area contributed by atoms with E-state index in [1.54, 1.807) is 0 Å².